The number of aryl methyl sites for hydroxylation is 3. The van der Waals surface area contributed by atoms with Crippen molar-refractivity contribution in [1.82, 2.24) is 29.9 Å². The summed E-state index contributed by atoms with van der Waals surface area (Å²) in [5.41, 5.74) is 5.62. The molecule has 0 atom stereocenters. The van der Waals surface area contributed by atoms with E-state index in [0.717, 1.165) is 33.8 Å². The van der Waals surface area contributed by atoms with E-state index in [1.54, 1.807) is 0 Å². The summed E-state index contributed by atoms with van der Waals surface area (Å²) in [4.78, 5) is 17.6. The second-order valence-corrected chi connectivity index (χ2v) is 9.35. The molecule has 5 rings (SSSR count). The van der Waals surface area contributed by atoms with Crippen molar-refractivity contribution >= 4 is 23.4 Å². The monoisotopic (exact) mass is 495 g/mol. The molecule has 2 heterocycles. The SMILES string of the molecule is Cc1ccc(C)c(-n2c(C)nnc2SCC(=O)Nc2ccccc2-c2nc(-c3ccccc3)n[nH]2)c1. The molecule has 0 saturated carbocycles. The first-order chi connectivity index (χ1) is 17.5. The summed E-state index contributed by atoms with van der Waals surface area (Å²) in [5.74, 6) is 1.99. The normalized spacial score (nSPS) is 11.0. The number of nitrogens with zero attached hydrogens (tertiary/aromatic N) is 5. The van der Waals surface area contributed by atoms with Crippen LogP contribution < -0.4 is 5.32 Å². The van der Waals surface area contributed by atoms with E-state index in [2.05, 4.69) is 62.7 Å². The molecular weight excluding hydrogens is 470 g/mol. The summed E-state index contributed by atoms with van der Waals surface area (Å²) in [5, 5.41) is 19.6. The van der Waals surface area contributed by atoms with Crippen molar-refractivity contribution in [2.75, 3.05) is 11.1 Å². The molecule has 0 fully saturated rings. The Morgan fingerprint density at radius 1 is 0.972 bits per heavy atom. The van der Waals surface area contributed by atoms with Crippen LogP contribution in [0.3, 0.4) is 0 Å². The molecule has 36 heavy (non-hydrogen) atoms. The summed E-state index contributed by atoms with van der Waals surface area (Å²) in [6.07, 6.45) is 0. The number of aromatic amines is 1. The van der Waals surface area contributed by atoms with Crippen molar-refractivity contribution in [1.29, 1.82) is 0 Å². The van der Waals surface area contributed by atoms with E-state index < -0.39 is 0 Å². The lowest BCUT2D eigenvalue weighted by atomic mass is 10.1. The Morgan fingerprint density at radius 2 is 1.75 bits per heavy atom. The minimum atomic E-state index is -0.150. The first-order valence-corrected chi connectivity index (χ1v) is 12.5. The fourth-order valence-electron chi connectivity index (χ4n) is 3.89. The maximum atomic E-state index is 12.9. The topological polar surface area (TPSA) is 101 Å². The van der Waals surface area contributed by atoms with Gasteiger partial charge in [-0.25, -0.2) is 4.98 Å². The molecule has 0 aliphatic rings. The van der Waals surface area contributed by atoms with Gasteiger partial charge in [0.25, 0.3) is 0 Å². The molecule has 2 N–H and O–H groups in total. The highest BCUT2D eigenvalue weighted by Crippen LogP contribution is 2.28. The number of hydrogen-bond donors (Lipinski definition) is 2. The minimum Gasteiger partial charge on any atom is -0.325 e. The van der Waals surface area contributed by atoms with Crippen LogP contribution >= 0.6 is 11.8 Å². The lowest BCUT2D eigenvalue weighted by Crippen LogP contribution is -2.15. The molecule has 2 aromatic heterocycles. The van der Waals surface area contributed by atoms with Crippen molar-refractivity contribution in [3.8, 4) is 28.5 Å². The van der Waals surface area contributed by atoms with Crippen LogP contribution in [0, 0.1) is 20.8 Å². The Bertz CT molecular complexity index is 1520. The molecule has 1 amide bonds. The lowest BCUT2D eigenvalue weighted by molar-refractivity contribution is -0.113. The van der Waals surface area contributed by atoms with Crippen molar-refractivity contribution in [3.05, 3.63) is 89.7 Å². The van der Waals surface area contributed by atoms with Crippen LogP contribution in [0.25, 0.3) is 28.5 Å². The summed E-state index contributed by atoms with van der Waals surface area (Å²) in [6.45, 7) is 6.02. The van der Waals surface area contributed by atoms with Gasteiger partial charge < -0.3 is 5.32 Å². The van der Waals surface area contributed by atoms with E-state index in [1.165, 1.54) is 11.8 Å². The smallest absolute Gasteiger partial charge is 0.234 e. The maximum absolute atomic E-state index is 12.9. The van der Waals surface area contributed by atoms with Crippen LogP contribution in [0.1, 0.15) is 17.0 Å². The zero-order chi connectivity index (χ0) is 25.1. The average molecular weight is 496 g/mol. The Balaban J connectivity index is 1.32. The van der Waals surface area contributed by atoms with Crippen molar-refractivity contribution in [2.45, 2.75) is 25.9 Å². The molecule has 0 unspecified atom stereocenters. The van der Waals surface area contributed by atoms with Gasteiger partial charge in [-0.05, 0) is 50.1 Å². The number of carbonyl (C=O) groups is 1. The molecule has 180 valence electrons. The van der Waals surface area contributed by atoms with Crippen LogP contribution in [0.2, 0.25) is 0 Å². The fourth-order valence-corrected chi connectivity index (χ4v) is 4.68. The minimum absolute atomic E-state index is 0.150. The highest BCUT2D eigenvalue weighted by Gasteiger charge is 2.17. The second-order valence-electron chi connectivity index (χ2n) is 8.41. The number of anilines is 1. The third-order valence-corrected chi connectivity index (χ3v) is 6.64. The summed E-state index contributed by atoms with van der Waals surface area (Å²) >= 11 is 1.35. The Kier molecular flexibility index (Phi) is 6.64. The Hall–Kier alpha value is -4.24. The van der Waals surface area contributed by atoms with E-state index in [9.17, 15) is 4.79 Å². The zero-order valence-electron chi connectivity index (χ0n) is 20.2. The van der Waals surface area contributed by atoms with Gasteiger partial charge >= 0.3 is 0 Å². The van der Waals surface area contributed by atoms with Gasteiger partial charge in [0, 0.05) is 11.1 Å². The summed E-state index contributed by atoms with van der Waals surface area (Å²) in [7, 11) is 0. The van der Waals surface area contributed by atoms with E-state index >= 15 is 0 Å². The van der Waals surface area contributed by atoms with Crippen LogP contribution in [0.15, 0.2) is 78.0 Å². The van der Waals surface area contributed by atoms with Gasteiger partial charge in [0.2, 0.25) is 5.91 Å². The molecule has 9 heteroatoms. The third-order valence-electron chi connectivity index (χ3n) is 5.71. The number of carbonyl (C=O) groups excluding carboxylic acids is 1. The highest BCUT2D eigenvalue weighted by atomic mass is 32.2. The molecule has 8 nitrogen and oxygen atoms in total. The third kappa shape index (κ3) is 4.92. The van der Waals surface area contributed by atoms with Gasteiger partial charge in [-0.3, -0.25) is 14.5 Å². The number of hydrogen-bond acceptors (Lipinski definition) is 6. The van der Waals surface area contributed by atoms with Crippen molar-refractivity contribution in [2.24, 2.45) is 0 Å². The van der Waals surface area contributed by atoms with E-state index in [1.807, 2.05) is 66.1 Å². The van der Waals surface area contributed by atoms with Gasteiger partial charge in [0.1, 0.15) is 5.82 Å². The molecule has 0 spiro atoms. The molecule has 3 aromatic carbocycles. The number of amides is 1. The van der Waals surface area contributed by atoms with Crippen LogP contribution in [-0.2, 0) is 4.79 Å². The number of H-pyrrole nitrogens is 1. The van der Waals surface area contributed by atoms with Gasteiger partial charge in [0.15, 0.2) is 16.8 Å². The second kappa shape index (κ2) is 10.2. The number of benzene rings is 3. The van der Waals surface area contributed by atoms with Gasteiger partial charge in [-0.2, -0.15) is 5.10 Å². The standard InChI is InChI=1S/C27H25N7OS/c1-17-13-14-18(2)23(15-17)34-19(3)30-33-27(34)36-16-24(35)28-22-12-8-7-11-21(22)26-29-25(31-32-26)20-9-5-4-6-10-20/h4-15H,16H2,1-3H3,(H,28,35)(H,29,31,32). The maximum Gasteiger partial charge on any atom is 0.234 e. The predicted molar refractivity (Wildman–Crippen MR) is 142 cm³/mol. The molecule has 0 saturated heterocycles. The number of rotatable bonds is 7. The number of nitrogens with one attached hydrogen (secondary N) is 2. The molecule has 0 aliphatic heterocycles. The van der Waals surface area contributed by atoms with E-state index in [-0.39, 0.29) is 11.7 Å². The molecule has 0 radical (unpaired) electrons. The number of aromatic nitrogens is 6. The largest absolute Gasteiger partial charge is 0.325 e. The van der Waals surface area contributed by atoms with Crippen molar-refractivity contribution < 1.29 is 4.79 Å². The van der Waals surface area contributed by atoms with E-state index in [4.69, 9.17) is 0 Å². The van der Waals surface area contributed by atoms with Gasteiger partial charge in [0.05, 0.1) is 17.1 Å². The molecule has 5 aromatic rings. The zero-order valence-corrected chi connectivity index (χ0v) is 21.0. The number of para-hydroxylation sites is 1. The quantitative estimate of drug-likeness (QED) is 0.294. The Labute approximate surface area is 213 Å². The van der Waals surface area contributed by atoms with E-state index in [0.29, 0.717) is 22.5 Å². The predicted octanol–water partition coefficient (Wildman–Crippen LogP) is 5.38. The summed E-state index contributed by atoms with van der Waals surface area (Å²) < 4.78 is 1.99. The highest BCUT2D eigenvalue weighted by molar-refractivity contribution is 7.99. The first-order valence-electron chi connectivity index (χ1n) is 11.5. The Morgan fingerprint density at radius 3 is 2.58 bits per heavy atom. The molecule has 0 bridgehead atoms. The van der Waals surface area contributed by atoms with Crippen LogP contribution in [0.5, 0.6) is 0 Å². The van der Waals surface area contributed by atoms with Gasteiger partial charge in [-0.15, -0.1) is 10.2 Å². The number of thioether (sulfide) groups is 1. The molecular formula is C27H25N7OS. The first kappa shape index (κ1) is 23.5. The van der Waals surface area contributed by atoms with Crippen LogP contribution in [0.4, 0.5) is 5.69 Å². The fraction of sp³-hybridized carbons (Fsp3) is 0.148. The summed E-state index contributed by atoms with van der Waals surface area (Å²) in [6, 6.07) is 23.5. The molecule has 0 aliphatic carbocycles. The average Bonchev–Trinajstić information content (AvgIpc) is 3.52. The lowest BCUT2D eigenvalue weighted by Gasteiger charge is -2.12. The van der Waals surface area contributed by atoms with Crippen LogP contribution in [-0.4, -0.2) is 41.6 Å². The van der Waals surface area contributed by atoms with Gasteiger partial charge in [-0.1, -0.05) is 66.4 Å². The van der Waals surface area contributed by atoms with Crippen molar-refractivity contribution in [3.63, 3.8) is 0 Å².